The fourth-order valence-electron chi connectivity index (χ4n) is 4.51. The molecule has 4 atom stereocenters. The second kappa shape index (κ2) is 4.30. The average molecular weight is 292 g/mol. The van der Waals surface area contributed by atoms with Gasteiger partial charge in [-0.25, -0.2) is 0 Å². The van der Waals surface area contributed by atoms with Gasteiger partial charge < -0.3 is 24.4 Å². The van der Waals surface area contributed by atoms with Crippen molar-refractivity contribution < 1.29 is 24.3 Å². The molecule has 4 heterocycles. The van der Waals surface area contributed by atoms with Crippen molar-refractivity contribution in [2.75, 3.05) is 26.7 Å². The molecule has 4 aliphatic heterocycles. The van der Waals surface area contributed by atoms with Crippen molar-refractivity contribution >= 4 is 11.9 Å². The largest absolute Gasteiger partial charge is 0.550 e. The van der Waals surface area contributed by atoms with Crippen molar-refractivity contribution in [3.63, 3.8) is 0 Å². The molecule has 0 unspecified atom stereocenters. The molecule has 4 rings (SSSR count). The van der Waals surface area contributed by atoms with Gasteiger partial charge in [0.05, 0.1) is 38.7 Å². The normalized spacial score (nSPS) is 48.0. The van der Waals surface area contributed by atoms with E-state index in [4.69, 9.17) is 4.74 Å². The van der Waals surface area contributed by atoms with Crippen LogP contribution in [-0.2, 0) is 14.3 Å². The van der Waals surface area contributed by atoms with E-state index in [9.17, 15) is 14.7 Å². The minimum atomic E-state index is -1.17. The highest BCUT2D eigenvalue weighted by atomic mass is 16.5. The number of aliphatic carboxylic acids is 1. The Morgan fingerprint density at radius 1 is 1.48 bits per heavy atom. The van der Waals surface area contributed by atoms with E-state index in [0.717, 1.165) is 25.9 Å². The zero-order chi connectivity index (χ0) is 14.8. The predicted molar refractivity (Wildman–Crippen MR) is 70.1 cm³/mol. The zero-order valence-corrected chi connectivity index (χ0v) is 12.1. The first kappa shape index (κ1) is 13.3. The maximum absolute atomic E-state index is 12.8. The molecule has 6 nitrogen and oxygen atoms in total. The first-order chi connectivity index (χ1) is 10.0. The summed E-state index contributed by atoms with van der Waals surface area (Å²) in [6.07, 6.45) is 5.15. The van der Waals surface area contributed by atoms with Crippen LogP contribution in [0.15, 0.2) is 12.2 Å². The number of carboxylic acids is 1. The van der Waals surface area contributed by atoms with E-state index in [-0.39, 0.29) is 11.9 Å². The topological polar surface area (TPSA) is 74.1 Å². The van der Waals surface area contributed by atoms with Crippen LogP contribution in [0.5, 0.6) is 0 Å². The number of carboxylic acid groups (broad SMARTS) is 1. The molecule has 0 aromatic rings. The van der Waals surface area contributed by atoms with Crippen molar-refractivity contribution in [3.05, 3.63) is 12.2 Å². The summed E-state index contributed by atoms with van der Waals surface area (Å²) in [5.74, 6) is -2.64. The molecule has 1 spiro atoms. The predicted octanol–water partition coefficient (Wildman–Crippen LogP) is -2.80. The van der Waals surface area contributed by atoms with Crippen molar-refractivity contribution in [2.45, 2.75) is 30.6 Å². The molecule has 21 heavy (non-hydrogen) atoms. The lowest BCUT2D eigenvalue weighted by Gasteiger charge is -2.34. The smallest absolute Gasteiger partial charge is 0.230 e. The minimum absolute atomic E-state index is 0.0550. The van der Waals surface area contributed by atoms with Crippen LogP contribution in [0.25, 0.3) is 0 Å². The second-order valence-electron chi connectivity index (χ2n) is 6.87. The molecule has 3 fully saturated rings. The number of rotatable bonds is 2. The summed E-state index contributed by atoms with van der Waals surface area (Å²) in [7, 11) is 2.16. The second-order valence-corrected chi connectivity index (χ2v) is 6.87. The standard InChI is InChI=1S/C15H20N2O4/c1-16-6-3-9(4-7-16)17-8-15-5-2-10(21-15)11(14(19)20)12(15)13(17)18/h2,5,9-12H,3-4,6-8H2,1H3,(H,19,20)/t10-,11+,12-,15+/m1/s1. The highest BCUT2D eigenvalue weighted by Crippen LogP contribution is 2.52. The number of hydrogen-bond acceptors (Lipinski definition) is 4. The van der Waals surface area contributed by atoms with Crippen LogP contribution < -0.4 is 10.0 Å². The highest BCUT2D eigenvalue weighted by molar-refractivity contribution is 5.90. The number of amides is 1. The Kier molecular flexibility index (Phi) is 2.72. The number of piperidine rings is 1. The third-order valence-corrected chi connectivity index (χ3v) is 5.65. The Morgan fingerprint density at radius 2 is 2.19 bits per heavy atom. The van der Waals surface area contributed by atoms with Gasteiger partial charge in [0.1, 0.15) is 5.60 Å². The molecule has 0 aromatic carbocycles. The number of quaternary nitrogens is 1. The summed E-state index contributed by atoms with van der Waals surface area (Å²) in [5, 5.41) is 11.4. The monoisotopic (exact) mass is 292 g/mol. The molecule has 4 aliphatic rings. The summed E-state index contributed by atoms with van der Waals surface area (Å²) in [6, 6.07) is 0.222. The number of carbonyl (C=O) groups is 2. The van der Waals surface area contributed by atoms with E-state index in [2.05, 4.69) is 7.05 Å². The van der Waals surface area contributed by atoms with Crippen LogP contribution in [-0.4, -0.2) is 61.2 Å². The van der Waals surface area contributed by atoms with Crippen LogP contribution in [0.3, 0.4) is 0 Å². The highest BCUT2D eigenvalue weighted by Gasteiger charge is 2.66. The van der Waals surface area contributed by atoms with Crippen LogP contribution in [0.4, 0.5) is 0 Å². The number of nitrogens with one attached hydrogen (secondary N) is 1. The molecule has 114 valence electrons. The van der Waals surface area contributed by atoms with E-state index < -0.39 is 29.5 Å². The lowest BCUT2D eigenvalue weighted by molar-refractivity contribution is -0.885. The Morgan fingerprint density at radius 3 is 2.86 bits per heavy atom. The van der Waals surface area contributed by atoms with Gasteiger partial charge in [-0.15, -0.1) is 0 Å². The summed E-state index contributed by atoms with van der Waals surface area (Å²) in [5.41, 5.74) is -0.720. The van der Waals surface area contributed by atoms with E-state index in [1.165, 1.54) is 4.90 Å². The number of carbonyl (C=O) groups excluding carboxylic acids is 2. The third-order valence-electron chi connectivity index (χ3n) is 5.65. The van der Waals surface area contributed by atoms with Crippen molar-refractivity contribution in [3.8, 4) is 0 Å². The van der Waals surface area contributed by atoms with Gasteiger partial charge in [-0.05, 0) is 0 Å². The number of likely N-dealkylation sites (tertiary alicyclic amines) is 2. The van der Waals surface area contributed by atoms with E-state index in [1.807, 2.05) is 11.0 Å². The molecular formula is C15H20N2O4. The Balaban J connectivity index is 1.60. The van der Waals surface area contributed by atoms with Crippen LogP contribution in [0.2, 0.25) is 0 Å². The summed E-state index contributed by atoms with van der Waals surface area (Å²) in [6.45, 7) is 2.60. The fourth-order valence-corrected chi connectivity index (χ4v) is 4.51. The van der Waals surface area contributed by atoms with Gasteiger partial charge in [0.25, 0.3) is 0 Å². The minimum Gasteiger partial charge on any atom is -0.550 e. The van der Waals surface area contributed by atoms with E-state index >= 15 is 0 Å². The number of fused-ring (bicyclic) bond motifs is 1. The molecule has 0 saturated carbocycles. The third kappa shape index (κ3) is 1.72. The maximum Gasteiger partial charge on any atom is 0.230 e. The van der Waals surface area contributed by atoms with Gasteiger partial charge in [-0.1, -0.05) is 12.2 Å². The molecule has 1 N–H and O–H groups in total. The van der Waals surface area contributed by atoms with Gasteiger partial charge in [0, 0.05) is 30.8 Å². The van der Waals surface area contributed by atoms with Crippen LogP contribution in [0, 0.1) is 11.8 Å². The van der Waals surface area contributed by atoms with E-state index in [0.29, 0.717) is 6.54 Å². The van der Waals surface area contributed by atoms with Crippen molar-refractivity contribution in [1.29, 1.82) is 0 Å². The van der Waals surface area contributed by atoms with Crippen LogP contribution >= 0.6 is 0 Å². The summed E-state index contributed by atoms with van der Waals surface area (Å²) >= 11 is 0. The maximum atomic E-state index is 12.8. The lowest BCUT2D eigenvalue weighted by Crippen LogP contribution is -3.10. The molecule has 0 aromatic heterocycles. The van der Waals surface area contributed by atoms with Gasteiger partial charge in [-0.2, -0.15) is 0 Å². The molecule has 2 bridgehead atoms. The van der Waals surface area contributed by atoms with Gasteiger partial charge in [0.15, 0.2) is 0 Å². The molecule has 6 heteroatoms. The number of hydrogen-bond donors (Lipinski definition) is 1. The lowest BCUT2D eigenvalue weighted by atomic mass is 9.77. The first-order valence-corrected chi connectivity index (χ1v) is 7.72. The van der Waals surface area contributed by atoms with Crippen LogP contribution in [0.1, 0.15) is 12.8 Å². The Hall–Kier alpha value is -1.40. The zero-order valence-electron chi connectivity index (χ0n) is 12.1. The summed E-state index contributed by atoms with van der Waals surface area (Å²) < 4.78 is 5.87. The Bertz CT molecular complexity index is 526. The average Bonchev–Trinajstić information content (AvgIpc) is 3.08. The molecule has 1 amide bonds. The van der Waals surface area contributed by atoms with E-state index in [1.54, 1.807) is 6.08 Å². The fraction of sp³-hybridized carbons (Fsp3) is 0.733. The number of ether oxygens (including phenoxy) is 1. The molecular weight excluding hydrogens is 272 g/mol. The van der Waals surface area contributed by atoms with Gasteiger partial charge >= 0.3 is 0 Å². The van der Waals surface area contributed by atoms with Crippen molar-refractivity contribution in [1.82, 2.24) is 4.90 Å². The molecule has 3 saturated heterocycles. The molecule has 0 radical (unpaired) electrons. The first-order valence-electron chi connectivity index (χ1n) is 7.72. The quantitative estimate of drug-likeness (QED) is 0.558. The SMILES string of the molecule is C[NH+]1CCC(N2C[C@]34C=C[C@@H](O3)[C@H](C(=O)[O-])[C@@H]4C2=O)CC1. The van der Waals surface area contributed by atoms with Gasteiger partial charge in [0.2, 0.25) is 5.91 Å². The summed E-state index contributed by atoms with van der Waals surface area (Å²) in [4.78, 5) is 27.5. The Labute approximate surface area is 123 Å². The number of nitrogens with zero attached hydrogens (tertiary/aromatic N) is 1. The van der Waals surface area contributed by atoms with Gasteiger partial charge in [-0.3, -0.25) is 4.79 Å². The van der Waals surface area contributed by atoms with Crippen molar-refractivity contribution in [2.24, 2.45) is 11.8 Å². The molecule has 0 aliphatic carbocycles.